The topological polar surface area (TPSA) is 111 Å². The zero-order valence-electron chi connectivity index (χ0n) is 12.0. The molecule has 3 heterocycles. The Morgan fingerprint density at radius 1 is 1.26 bits per heavy atom. The Hall–Kier alpha value is -2.87. The minimum Gasteiger partial charge on any atom is -0.423 e. The average Bonchev–Trinajstić information content (AvgIpc) is 2.90. The van der Waals surface area contributed by atoms with Crippen molar-refractivity contribution < 1.29 is 4.42 Å². The van der Waals surface area contributed by atoms with Gasteiger partial charge in [-0.2, -0.15) is 0 Å². The molecule has 0 aliphatic rings. The number of hydrogen-bond acceptors (Lipinski definition) is 7. The lowest BCUT2D eigenvalue weighted by Crippen LogP contribution is -1.97. The van der Waals surface area contributed by atoms with Gasteiger partial charge in [0.05, 0.1) is 0 Å². The van der Waals surface area contributed by atoms with Crippen LogP contribution in [0.15, 0.2) is 49.9 Å². The Kier molecular flexibility index (Phi) is 3.05. The molecule has 0 bridgehead atoms. The smallest absolute Gasteiger partial charge is 0.336 e. The Labute approximate surface area is 134 Å². The fourth-order valence-corrected chi connectivity index (χ4v) is 3.16. The first-order valence-corrected chi connectivity index (χ1v) is 7.60. The van der Waals surface area contributed by atoms with Gasteiger partial charge in [0, 0.05) is 16.3 Å². The molecule has 0 radical (unpaired) electrons. The third-order valence-corrected chi connectivity index (χ3v) is 4.31. The van der Waals surface area contributed by atoms with Crippen molar-refractivity contribution in [2.24, 2.45) is 0 Å². The van der Waals surface area contributed by atoms with Crippen molar-refractivity contribution in [3.05, 3.63) is 46.6 Å². The second kappa shape index (κ2) is 5.10. The van der Waals surface area contributed by atoms with E-state index in [1.165, 1.54) is 24.2 Å². The van der Waals surface area contributed by atoms with Crippen LogP contribution in [0.3, 0.4) is 0 Å². The summed E-state index contributed by atoms with van der Waals surface area (Å²) in [7, 11) is 0. The maximum atomic E-state index is 11.5. The minimum absolute atomic E-state index is 0.356. The second-order valence-electron chi connectivity index (χ2n) is 5.01. The molecule has 3 aromatic heterocycles. The maximum absolute atomic E-state index is 11.5. The van der Waals surface area contributed by atoms with Crippen LogP contribution < -0.4 is 11.4 Å². The summed E-state index contributed by atoms with van der Waals surface area (Å²) in [6, 6.07) is 7.17. The zero-order chi connectivity index (χ0) is 16.0. The van der Waals surface area contributed by atoms with Crippen molar-refractivity contribution in [2.75, 3.05) is 5.73 Å². The number of nitrogens with one attached hydrogen (secondary N) is 1. The number of nitrogens with zero attached hydrogens (tertiary/aromatic N) is 3. The van der Waals surface area contributed by atoms with Crippen LogP contribution in [-0.4, -0.2) is 19.9 Å². The lowest BCUT2D eigenvalue weighted by atomic mass is 10.1. The SMILES string of the molecule is Cc1cc(=O)oc2cc(Sc3nc4ncnc(N)c4[nH]3)ccc12. The third kappa shape index (κ3) is 2.42. The molecular formula is C15H11N5O2S. The summed E-state index contributed by atoms with van der Waals surface area (Å²) in [5.74, 6) is 0.356. The third-order valence-electron chi connectivity index (χ3n) is 3.43. The molecule has 0 saturated carbocycles. The minimum atomic E-state index is -0.357. The van der Waals surface area contributed by atoms with Crippen LogP contribution in [0.25, 0.3) is 22.1 Å². The van der Waals surface area contributed by atoms with E-state index in [1.54, 1.807) is 0 Å². The van der Waals surface area contributed by atoms with E-state index >= 15 is 0 Å². The first-order valence-electron chi connectivity index (χ1n) is 6.79. The normalized spacial score (nSPS) is 11.3. The van der Waals surface area contributed by atoms with Gasteiger partial charge in [0.2, 0.25) is 0 Å². The second-order valence-corrected chi connectivity index (χ2v) is 6.07. The van der Waals surface area contributed by atoms with E-state index in [-0.39, 0.29) is 5.63 Å². The zero-order valence-corrected chi connectivity index (χ0v) is 12.8. The van der Waals surface area contributed by atoms with Gasteiger partial charge in [0.25, 0.3) is 0 Å². The van der Waals surface area contributed by atoms with E-state index in [4.69, 9.17) is 10.2 Å². The molecule has 3 N–H and O–H groups in total. The largest absolute Gasteiger partial charge is 0.423 e. The number of aromatic amines is 1. The van der Waals surface area contributed by atoms with Gasteiger partial charge in [-0.05, 0) is 30.7 Å². The summed E-state index contributed by atoms with van der Waals surface area (Å²) in [6.07, 6.45) is 1.38. The average molecular weight is 325 g/mol. The molecule has 0 atom stereocenters. The molecule has 8 heteroatoms. The summed E-state index contributed by atoms with van der Waals surface area (Å²) in [6.45, 7) is 1.88. The van der Waals surface area contributed by atoms with Crippen LogP contribution in [0.2, 0.25) is 0 Å². The van der Waals surface area contributed by atoms with Gasteiger partial charge in [-0.15, -0.1) is 0 Å². The lowest BCUT2D eigenvalue weighted by Gasteiger charge is -2.02. The van der Waals surface area contributed by atoms with Crippen LogP contribution in [-0.2, 0) is 0 Å². The van der Waals surface area contributed by atoms with Gasteiger partial charge >= 0.3 is 5.63 Å². The van der Waals surface area contributed by atoms with Gasteiger partial charge in [0.1, 0.15) is 17.4 Å². The highest BCUT2D eigenvalue weighted by molar-refractivity contribution is 7.99. The highest BCUT2D eigenvalue weighted by Crippen LogP contribution is 2.30. The predicted molar refractivity (Wildman–Crippen MR) is 87.4 cm³/mol. The Morgan fingerprint density at radius 2 is 2.13 bits per heavy atom. The fourth-order valence-electron chi connectivity index (χ4n) is 2.35. The molecule has 114 valence electrons. The van der Waals surface area contributed by atoms with Crippen LogP contribution in [0, 0.1) is 6.92 Å². The molecule has 7 nitrogen and oxygen atoms in total. The van der Waals surface area contributed by atoms with Crippen LogP contribution in [0.4, 0.5) is 5.82 Å². The first kappa shape index (κ1) is 13.8. The van der Waals surface area contributed by atoms with E-state index in [0.717, 1.165) is 15.8 Å². The van der Waals surface area contributed by atoms with Crippen molar-refractivity contribution >= 4 is 39.7 Å². The summed E-state index contributed by atoms with van der Waals surface area (Å²) < 4.78 is 5.26. The maximum Gasteiger partial charge on any atom is 0.336 e. The summed E-state index contributed by atoms with van der Waals surface area (Å²) in [4.78, 5) is 27.8. The Morgan fingerprint density at radius 3 is 2.96 bits per heavy atom. The number of benzene rings is 1. The quantitative estimate of drug-likeness (QED) is 0.545. The molecule has 0 fully saturated rings. The summed E-state index contributed by atoms with van der Waals surface area (Å²) >= 11 is 1.40. The number of fused-ring (bicyclic) bond motifs is 2. The number of imidazole rings is 1. The van der Waals surface area contributed by atoms with Gasteiger partial charge in [-0.1, -0.05) is 11.8 Å². The highest BCUT2D eigenvalue weighted by atomic mass is 32.2. The molecule has 0 aliphatic carbocycles. The number of aromatic nitrogens is 4. The van der Waals surface area contributed by atoms with E-state index < -0.39 is 0 Å². The number of nitrogen functional groups attached to an aromatic ring is 1. The predicted octanol–water partition coefficient (Wildman–Crippen LogP) is 2.50. The van der Waals surface area contributed by atoms with Crippen molar-refractivity contribution in [2.45, 2.75) is 17.0 Å². The first-order chi connectivity index (χ1) is 11.1. The molecule has 1 aromatic carbocycles. The lowest BCUT2D eigenvalue weighted by molar-refractivity contribution is 0.559. The van der Waals surface area contributed by atoms with Gasteiger partial charge < -0.3 is 15.1 Å². The summed E-state index contributed by atoms with van der Waals surface area (Å²) in [5, 5.41) is 1.55. The number of aryl methyl sites for hydroxylation is 1. The van der Waals surface area contributed by atoms with E-state index in [0.29, 0.717) is 27.7 Å². The molecule has 0 spiro atoms. The molecule has 0 aliphatic heterocycles. The fraction of sp³-hybridized carbons (Fsp3) is 0.0667. The number of rotatable bonds is 2. The van der Waals surface area contributed by atoms with E-state index in [1.807, 2.05) is 25.1 Å². The van der Waals surface area contributed by atoms with Crippen LogP contribution in [0.5, 0.6) is 0 Å². The highest BCUT2D eigenvalue weighted by Gasteiger charge is 2.10. The Bertz CT molecular complexity index is 1100. The monoisotopic (exact) mass is 325 g/mol. The van der Waals surface area contributed by atoms with Crippen molar-refractivity contribution in [1.82, 2.24) is 19.9 Å². The van der Waals surface area contributed by atoms with Gasteiger partial charge in [0.15, 0.2) is 16.6 Å². The standard InChI is InChI=1S/C15H11N5O2S/c1-7-4-11(21)22-10-5-8(2-3-9(7)10)23-15-19-12-13(16)17-6-18-14(12)20-15/h2-6H,1H3,(H3,16,17,18,19,20). The number of anilines is 1. The van der Waals surface area contributed by atoms with Crippen molar-refractivity contribution in [1.29, 1.82) is 0 Å². The molecule has 23 heavy (non-hydrogen) atoms. The van der Waals surface area contributed by atoms with Gasteiger partial charge in [-0.25, -0.2) is 19.7 Å². The molecule has 0 saturated heterocycles. The van der Waals surface area contributed by atoms with Crippen molar-refractivity contribution in [3.63, 3.8) is 0 Å². The summed E-state index contributed by atoms with van der Waals surface area (Å²) in [5.41, 5.74) is 8.00. The van der Waals surface area contributed by atoms with Crippen LogP contribution >= 0.6 is 11.8 Å². The number of nitrogens with two attached hydrogens (primary N) is 1. The molecule has 0 unspecified atom stereocenters. The molecule has 4 aromatic rings. The van der Waals surface area contributed by atoms with E-state index in [9.17, 15) is 4.79 Å². The molecule has 0 amide bonds. The van der Waals surface area contributed by atoms with Crippen LogP contribution in [0.1, 0.15) is 5.56 Å². The number of hydrogen-bond donors (Lipinski definition) is 2. The molecule has 4 rings (SSSR count). The van der Waals surface area contributed by atoms with Gasteiger partial charge in [-0.3, -0.25) is 0 Å². The number of H-pyrrole nitrogens is 1. The Balaban J connectivity index is 1.76. The molecular weight excluding hydrogens is 314 g/mol. The van der Waals surface area contributed by atoms with Crippen molar-refractivity contribution in [3.8, 4) is 0 Å². The van der Waals surface area contributed by atoms with E-state index in [2.05, 4.69) is 19.9 Å².